The summed E-state index contributed by atoms with van der Waals surface area (Å²) < 4.78 is 5.69. The standard InChI is InChI=1S/C10H14ClN3O/c1-10(2)5-14(3)7-4-12-13-9(11)8(7)15-6-10/h4H,5-6H2,1-3H3. The van der Waals surface area contributed by atoms with Crippen molar-refractivity contribution in [1.29, 1.82) is 0 Å². The maximum absolute atomic E-state index is 5.95. The Morgan fingerprint density at radius 2 is 2.27 bits per heavy atom. The minimum Gasteiger partial charge on any atom is -0.487 e. The van der Waals surface area contributed by atoms with E-state index < -0.39 is 0 Å². The van der Waals surface area contributed by atoms with Gasteiger partial charge in [0.15, 0.2) is 10.9 Å². The molecule has 0 N–H and O–H groups in total. The van der Waals surface area contributed by atoms with Crippen molar-refractivity contribution in [2.24, 2.45) is 5.41 Å². The molecule has 82 valence electrons. The molecule has 0 amide bonds. The first-order valence-corrected chi connectivity index (χ1v) is 5.22. The van der Waals surface area contributed by atoms with Crippen LogP contribution in [0.4, 0.5) is 5.69 Å². The largest absolute Gasteiger partial charge is 0.487 e. The lowest BCUT2D eigenvalue weighted by atomic mass is 9.94. The second-order valence-electron chi connectivity index (χ2n) is 4.66. The molecule has 0 bridgehead atoms. The van der Waals surface area contributed by atoms with Crippen LogP contribution in [-0.4, -0.2) is 30.4 Å². The van der Waals surface area contributed by atoms with E-state index >= 15 is 0 Å². The molecular formula is C10H14ClN3O. The average molecular weight is 228 g/mol. The van der Waals surface area contributed by atoms with Crippen LogP contribution < -0.4 is 9.64 Å². The zero-order chi connectivity index (χ0) is 11.1. The number of hydrogen-bond donors (Lipinski definition) is 0. The molecule has 15 heavy (non-hydrogen) atoms. The van der Waals surface area contributed by atoms with Crippen molar-refractivity contribution >= 4 is 17.3 Å². The van der Waals surface area contributed by atoms with Gasteiger partial charge < -0.3 is 9.64 Å². The van der Waals surface area contributed by atoms with Gasteiger partial charge in [-0.2, -0.15) is 5.10 Å². The molecule has 5 heteroatoms. The number of aromatic nitrogens is 2. The molecule has 0 spiro atoms. The van der Waals surface area contributed by atoms with E-state index in [4.69, 9.17) is 16.3 Å². The summed E-state index contributed by atoms with van der Waals surface area (Å²) in [5.74, 6) is 0.639. The Morgan fingerprint density at radius 1 is 1.53 bits per heavy atom. The first kappa shape index (κ1) is 10.5. The topological polar surface area (TPSA) is 38.2 Å². The fraction of sp³-hybridized carbons (Fsp3) is 0.600. The molecule has 0 aromatic carbocycles. The molecule has 1 aromatic heterocycles. The third kappa shape index (κ3) is 2.00. The quantitative estimate of drug-likeness (QED) is 0.680. The van der Waals surface area contributed by atoms with Crippen molar-refractivity contribution in [1.82, 2.24) is 10.2 Å². The van der Waals surface area contributed by atoms with Crippen LogP contribution in [0.5, 0.6) is 5.75 Å². The number of rotatable bonds is 0. The Bertz CT molecular complexity index is 381. The van der Waals surface area contributed by atoms with E-state index in [1.807, 2.05) is 7.05 Å². The molecule has 0 saturated heterocycles. The van der Waals surface area contributed by atoms with Gasteiger partial charge in [-0.3, -0.25) is 0 Å². The van der Waals surface area contributed by atoms with E-state index in [0.717, 1.165) is 12.2 Å². The molecule has 1 aliphatic heterocycles. The van der Waals surface area contributed by atoms with Gasteiger partial charge in [0.05, 0.1) is 12.8 Å². The maximum atomic E-state index is 5.95. The fourth-order valence-electron chi connectivity index (χ4n) is 1.79. The molecule has 0 aliphatic carbocycles. The summed E-state index contributed by atoms with van der Waals surface area (Å²) in [6, 6.07) is 0. The summed E-state index contributed by atoms with van der Waals surface area (Å²) in [4.78, 5) is 2.10. The van der Waals surface area contributed by atoms with E-state index in [1.165, 1.54) is 0 Å². The van der Waals surface area contributed by atoms with Crippen LogP contribution in [0.1, 0.15) is 13.8 Å². The van der Waals surface area contributed by atoms with E-state index in [2.05, 4.69) is 28.9 Å². The number of ether oxygens (including phenoxy) is 1. The van der Waals surface area contributed by atoms with Crippen LogP contribution in [0.25, 0.3) is 0 Å². The predicted molar refractivity (Wildman–Crippen MR) is 59.6 cm³/mol. The molecule has 1 aromatic rings. The van der Waals surface area contributed by atoms with E-state index in [0.29, 0.717) is 17.5 Å². The van der Waals surface area contributed by atoms with Crippen molar-refractivity contribution in [2.75, 3.05) is 25.1 Å². The van der Waals surface area contributed by atoms with Gasteiger partial charge >= 0.3 is 0 Å². The molecule has 0 atom stereocenters. The number of nitrogens with zero attached hydrogens (tertiary/aromatic N) is 3. The lowest BCUT2D eigenvalue weighted by Crippen LogP contribution is -2.32. The molecule has 0 radical (unpaired) electrons. The summed E-state index contributed by atoms with van der Waals surface area (Å²) in [6.07, 6.45) is 1.68. The van der Waals surface area contributed by atoms with Crippen LogP contribution in [-0.2, 0) is 0 Å². The Kier molecular flexibility index (Phi) is 2.46. The summed E-state index contributed by atoms with van der Waals surface area (Å²) in [5, 5.41) is 7.94. The molecule has 0 fully saturated rings. The summed E-state index contributed by atoms with van der Waals surface area (Å²) in [5.41, 5.74) is 0.998. The molecule has 0 unspecified atom stereocenters. The highest BCUT2D eigenvalue weighted by atomic mass is 35.5. The monoisotopic (exact) mass is 227 g/mol. The maximum Gasteiger partial charge on any atom is 0.195 e. The minimum absolute atomic E-state index is 0.0943. The van der Waals surface area contributed by atoms with Gasteiger partial charge in [-0.05, 0) is 0 Å². The van der Waals surface area contributed by atoms with Gasteiger partial charge in [0.2, 0.25) is 0 Å². The Labute approximate surface area is 94.2 Å². The first-order chi connectivity index (χ1) is 6.99. The van der Waals surface area contributed by atoms with Crippen molar-refractivity contribution in [3.05, 3.63) is 11.3 Å². The number of anilines is 1. The Hall–Kier alpha value is -1.03. The molecule has 0 saturated carbocycles. The van der Waals surface area contributed by atoms with Crippen LogP contribution >= 0.6 is 11.6 Å². The van der Waals surface area contributed by atoms with Gasteiger partial charge in [-0.25, -0.2) is 0 Å². The van der Waals surface area contributed by atoms with Crippen molar-refractivity contribution < 1.29 is 4.74 Å². The summed E-state index contributed by atoms with van der Waals surface area (Å²) >= 11 is 5.95. The molecular weight excluding hydrogens is 214 g/mol. The Morgan fingerprint density at radius 3 is 3.00 bits per heavy atom. The fourth-order valence-corrected chi connectivity index (χ4v) is 1.98. The van der Waals surface area contributed by atoms with E-state index in [1.54, 1.807) is 6.20 Å². The highest BCUT2D eigenvalue weighted by molar-refractivity contribution is 6.31. The SMILES string of the molecule is CN1CC(C)(C)COc2c1cnnc2Cl. The molecule has 4 nitrogen and oxygen atoms in total. The first-order valence-electron chi connectivity index (χ1n) is 4.85. The van der Waals surface area contributed by atoms with Crippen molar-refractivity contribution in [3.63, 3.8) is 0 Å². The van der Waals surface area contributed by atoms with Crippen LogP contribution in [0.3, 0.4) is 0 Å². The second kappa shape index (κ2) is 3.52. The summed E-state index contributed by atoms with van der Waals surface area (Å²) in [7, 11) is 2.01. The normalized spacial score (nSPS) is 19.1. The van der Waals surface area contributed by atoms with Gasteiger partial charge in [0.1, 0.15) is 5.69 Å². The van der Waals surface area contributed by atoms with Crippen LogP contribution in [0.2, 0.25) is 5.15 Å². The van der Waals surface area contributed by atoms with E-state index in [-0.39, 0.29) is 5.41 Å². The van der Waals surface area contributed by atoms with Crippen LogP contribution in [0, 0.1) is 5.41 Å². The van der Waals surface area contributed by atoms with Crippen molar-refractivity contribution in [2.45, 2.75) is 13.8 Å². The molecule has 1 aliphatic rings. The van der Waals surface area contributed by atoms with Gasteiger partial charge in [0, 0.05) is 19.0 Å². The average Bonchev–Trinajstić information content (AvgIpc) is 2.25. The second-order valence-corrected chi connectivity index (χ2v) is 5.02. The van der Waals surface area contributed by atoms with E-state index in [9.17, 15) is 0 Å². The third-order valence-corrected chi connectivity index (χ3v) is 2.68. The Balaban J connectivity index is 2.44. The van der Waals surface area contributed by atoms with Gasteiger partial charge in [-0.15, -0.1) is 5.10 Å². The predicted octanol–water partition coefficient (Wildman–Crippen LogP) is 1.98. The highest BCUT2D eigenvalue weighted by Crippen LogP contribution is 2.37. The lowest BCUT2D eigenvalue weighted by molar-refractivity contribution is 0.196. The van der Waals surface area contributed by atoms with Gasteiger partial charge in [-0.1, -0.05) is 25.4 Å². The van der Waals surface area contributed by atoms with Gasteiger partial charge in [0.25, 0.3) is 0 Å². The van der Waals surface area contributed by atoms with Crippen molar-refractivity contribution in [3.8, 4) is 5.75 Å². The third-order valence-electron chi connectivity index (χ3n) is 2.43. The molecule has 2 heterocycles. The smallest absolute Gasteiger partial charge is 0.195 e. The number of hydrogen-bond acceptors (Lipinski definition) is 4. The zero-order valence-corrected chi connectivity index (χ0v) is 9.88. The zero-order valence-electron chi connectivity index (χ0n) is 9.12. The lowest BCUT2D eigenvalue weighted by Gasteiger charge is -2.26. The summed E-state index contributed by atoms with van der Waals surface area (Å²) in [6.45, 7) is 5.85. The molecule has 2 rings (SSSR count). The number of fused-ring (bicyclic) bond motifs is 1. The highest BCUT2D eigenvalue weighted by Gasteiger charge is 2.28. The van der Waals surface area contributed by atoms with Crippen LogP contribution in [0.15, 0.2) is 6.20 Å². The minimum atomic E-state index is 0.0943. The number of halogens is 1.